The van der Waals surface area contributed by atoms with Crippen molar-refractivity contribution in [2.45, 2.75) is 43.7 Å². The van der Waals surface area contributed by atoms with E-state index in [2.05, 4.69) is 21.1 Å². The van der Waals surface area contributed by atoms with Crippen LogP contribution in [0.2, 0.25) is 0 Å². The molecule has 6 nitrogen and oxygen atoms in total. The predicted octanol–water partition coefficient (Wildman–Crippen LogP) is 2.24. The van der Waals surface area contributed by atoms with E-state index in [4.69, 9.17) is 0 Å². The van der Waals surface area contributed by atoms with E-state index in [9.17, 15) is 9.00 Å². The van der Waals surface area contributed by atoms with Crippen LogP contribution in [-0.4, -0.2) is 19.8 Å². The summed E-state index contributed by atoms with van der Waals surface area (Å²) in [6, 6.07) is 1.88. The molecule has 7 heteroatoms. The van der Waals surface area contributed by atoms with Gasteiger partial charge in [0.25, 0.3) is 0 Å². The van der Waals surface area contributed by atoms with Crippen molar-refractivity contribution >= 4 is 22.7 Å². The maximum atomic E-state index is 12.4. The van der Waals surface area contributed by atoms with Crippen molar-refractivity contribution in [2.75, 3.05) is 5.32 Å². The maximum Gasteiger partial charge on any atom is 0.331 e. The molecular weight excluding hydrogens is 324 g/mol. The van der Waals surface area contributed by atoms with Crippen LogP contribution in [0.4, 0.5) is 10.5 Å². The fourth-order valence-electron chi connectivity index (χ4n) is 3.77. The van der Waals surface area contributed by atoms with E-state index < -0.39 is 17.0 Å². The molecule has 2 amide bonds. The topological polar surface area (TPSA) is 76.0 Å². The summed E-state index contributed by atoms with van der Waals surface area (Å²) >= 11 is 0. The quantitative estimate of drug-likeness (QED) is 0.896. The van der Waals surface area contributed by atoms with Gasteiger partial charge in [0, 0.05) is 25.1 Å². The number of aromatic nitrogens is 2. The van der Waals surface area contributed by atoms with Gasteiger partial charge in [-0.1, -0.05) is 6.07 Å². The van der Waals surface area contributed by atoms with E-state index in [-0.39, 0.29) is 0 Å². The minimum atomic E-state index is -1.67. The van der Waals surface area contributed by atoms with E-state index in [1.165, 1.54) is 22.3 Å². The third-order valence-electron chi connectivity index (χ3n) is 4.84. The Kier molecular flexibility index (Phi) is 3.88. The normalized spacial score (nSPS) is 16.5. The van der Waals surface area contributed by atoms with Gasteiger partial charge in [0.2, 0.25) is 5.16 Å². The van der Waals surface area contributed by atoms with Gasteiger partial charge in [-0.25, -0.2) is 18.7 Å². The number of carbonyl (C=O) groups excluding carboxylic acids is 1. The molecule has 2 aliphatic carbocycles. The van der Waals surface area contributed by atoms with Crippen molar-refractivity contribution in [1.29, 1.82) is 0 Å². The first-order chi connectivity index (χ1) is 11.6. The van der Waals surface area contributed by atoms with Crippen molar-refractivity contribution in [3.8, 4) is 0 Å². The zero-order valence-corrected chi connectivity index (χ0v) is 14.4. The van der Waals surface area contributed by atoms with Gasteiger partial charge in [-0.15, -0.1) is 0 Å². The first-order valence-corrected chi connectivity index (χ1v) is 9.41. The number of hydrogen-bond acceptors (Lipinski definition) is 3. The summed E-state index contributed by atoms with van der Waals surface area (Å²) in [6.45, 7) is 0. The molecule has 1 atom stereocenters. The van der Waals surface area contributed by atoms with Gasteiger partial charge in [-0.3, -0.25) is 0 Å². The standard InChI is InChI=1S/C17H20N4O2S/c1-21-9-8-18-17(21)24(23)20-16(22)19-15-13-6-2-4-11(13)10-12-5-3-7-14(12)15/h8-10H,2-7H2,1H3,(H2,19,20,22). The summed E-state index contributed by atoms with van der Waals surface area (Å²) in [5.74, 6) is 0. The van der Waals surface area contributed by atoms with Crippen LogP contribution in [0.1, 0.15) is 35.1 Å². The Morgan fingerprint density at radius 2 is 1.83 bits per heavy atom. The van der Waals surface area contributed by atoms with E-state index >= 15 is 0 Å². The Labute approximate surface area is 143 Å². The van der Waals surface area contributed by atoms with Crippen LogP contribution in [0.25, 0.3) is 0 Å². The van der Waals surface area contributed by atoms with Gasteiger partial charge in [-0.2, -0.15) is 0 Å². The van der Waals surface area contributed by atoms with Gasteiger partial charge in [0.1, 0.15) is 0 Å². The molecule has 2 aliphatic rings. The Hall–Kier alpha value is -2.15. The number of urea groups is 1. The summed E-state index contributed by atoms with van der Waals surface area (Å²) in [6.07, 6.45) is 9.69. The molecule has 4 rings (SSSR count). The van der Waals surface area contributed by atoms with Gasteiger partial charge in [0.05, 0.1) is 0 Å². The molecule has 0 radical (unpaired) electrons. The second-order valence-electron chi connectivity index (χ2n) is 6.38. The highest BCUT2D eigenvalue weighted by atomic mass is 32.2. The van der Waals surface area contributed by atoms with Crippen LogP contribution in [0, 0.1) is 0 Å². The van der Waals surface area contributed by atoms with Gasteiger partial charge in [0.15, 0.2) is 11.0 Å². The van der Waals surface area contributed by atoms with Crippen molar-refractivity contribution in [2.24, 2.45) is 7.05 Å². The van der Waals surface area contributed by atoms with Crippen molar-refractivity contribution in [3.63, 3.8) is 0 Å². The molecule has 0 aliphatic heterocycles. The van der Waals surface area contributed by atoms with Crippen LogP contribution in [-0.2, 0) is 43.7 Å². The summed E-state index contributed by atoms with van der Waals surface area (Å²) in [5.41, 5.74) is 6.18. The smallest absolute Gasteiger partial charge is 0.326 e. The van der Waals surface area contributed by atoms with Crippen molar-refractivity contribution in [3.05, 3.63) is 40.7 Å². The molecule has 0 saturated carbocycles. The van der Waals surface area contributed by atoms with Crippen LogP contribution in [0.5, 0.6) is 0 Å². The van der Waals surface area contributed by atoms with Crippen molar-refractivity contribution in [1.82, 2.24) is 14.3 Å². The second kappa shape index (κ2) is 6.05. The monoisotopic (exact) mass is 344 g/mol. The van der Waals surface area contributed by atoms with Crippen LogP contribution < -0.4 is 10.0 Å². The summed E-state index contributed by atoms with van der Waals surface area (Å²) in [7, 11) is 0.0724. The molecular formula is C17H20N4O2S. The summed E-state index contributed by atoms with van der Waals surface area (Å²) in [5, 5.41) is 3.30. The number of nitrogens with zero attached hydrogens (tertiary/aromatic N) is 2. The third kappa shape index (κ3) is 2.62. The van der Waals surface area contributed by atoms with Crippen LogP contribution >= 0.6 is 0 Å². The number of anilines is 1. The van der Waals surface area contributed by atoms with E-state index in [1.54, 1.807) is 24.0 Å². The van der Waals surface area contributed by atoms with E-state index in [0.29, 0.717) is 5.16 Å². The van der Waals surface area contributed by atoms with Gasteiger partial charge >= 0.3 is 6.03 Å². The second-order valence-corrected chi connectivity index (χ2v) is 7.49. The average Bonchev–Trinajstić information content (AvgIpc) is 3.26. The molecule has 2 N–H and O–H groups in total. The number of hydrogen-bond donors (Lipinski definition) is 2. The highest BCUT2D eigenvalue weighted by Gasteiger charge is 2.25. The molecule has 2 aromatic rings. The lowest BCUT2D eigenvalue weighted by atomic mass is 9.99. The molecule has 0 spiro atoms. The van der Waals surface area contributed by atoms with Gasteiger partial charge in [-0.05, 0) is 60.8 Å². The molecule has 126 valence electrons. The predicted molar refractivity (Wildman–Crippen MR) is 92.3 cm³/mol. The molecule has 24 heavy (non-hydrogen) atoms. The first kappa shape index (κ1) is 15.4. The molecule has 0 fully saturated rings. The lowest BCUT2D eigenvalue weighted by molar-refractivity contribution is 0.257. The fourth-order valence-corrected chi connectivity index (χ4v) is 4.56. The number of imidazole rings is 1. The Bertz CT molecular complexity index is 811. The summed E-state index contributed by atoms with van der Waals surface area (Å²) in [4.78, 5) is 16.4. The lowest BCUT2D eigenvalue weighted by Gasteiger charge is -2.16. The average molecular weight is 344 g/mol. The number of amides is 2. The largest absolute Gasteiger partial charge is 0.331 e. The molecule has 1 unspecified atom stereocenters. The molecule has 1 heterocycles. The maximum absolute atomic E-state index is 12.4. The molecule has 0 saturated heterocycles. The number of nitrogens with one attached hydrogen (secondary N) is 2. The fraction of sp³-hybridized carbons (Fsp3) is 0.412. The third-order valence-corrected chi connectivity index (χ3v) is 5.94. The first-order valence-electron chi connectivity index (χ1n) is 8.26. The zero-order chi connectivity index (χ0) is 16.7. The number of benzene rings is 1. The van der Waals surface area contributed by atoms with E-state index in [1.807, 2.05) is 0 Å². The minimum Gasteiger partial charge on any atom is -0.326 e. The van der Waals surface area contributed by atoms with Crippen LogP contribution in [0.3, 0.4) is 0 Å². The Morgan fingerprint density at radius 3 is 2.42 bits per heavy atom. The Morgan fingerprint density at radius 1 is 1.17 bits per heavy atom. The van der Waals surface area contributed by atoms with E-state index in [0.717, 1.165) is 44.2 Å². The van der Waals surface area contributed by atoms with Crippen LogP contribution in [0.15, 0.2) is 23.6 Å². The molecule has 0 bridgehead atoms. The SMILES string of the molecule is Cn1ccnc1S(=O)NC(=O)Nc1c2c(cc3c1CCC3)CCC2. The highest BCUT2D eigenvalue weighted by Crippen LogP contribution is 2.38. The number of aryl methyl sites for hydroxylation is 3. The number of fused-ring (bicyclic) bond motifs is 2. The Balaban J connectivity index is 1.57. The highest BCUT2D eigenvalue weighted by molar-refractivity contribution is 7.83. The number of rotatable bonds is 3. The van der Waals surface area contributed by atoms with Gasteiger partial charge < -0.3 is 9.88 Å². The van der Waals surface area contributed by atoms with Crippen molar-refractivity contribution < 1.29 is 9.00 Å². The molecule has 1 aromatic heterocycles. The molecule has 1 aromatic carbocycles. The number of carbonyl (C=O) groups is 1. The zero-order valence-electron chi connectivity index (χ0n) is 13.6. The lowest BCUT2D eigenvalue weighted by Crippen LogP contribution is -2.32. The minimum absolute atomic E-state index is 0.327. The summed E-state index contributed by atoms with van der Waals surface area (Å²) < 4.78 is 16.4.